The average molecular weight is 281 g/mol. The van der Waals surface area contributed by atoms with Gasteiger partial charge in [-0.15, -0.1) is 11.3 Å². The fourth-order valence-corrected chi connectivity index (χ4v) is 2.53. The molecule has 0 aliphatic rings. The molecule has 0 spiro atoms. The molecule has 1 N–H and O–H groups in total. The SMILES string of the molecule is COc1ncccc1-c1csc(NCCSC)n1. The van der Waals surface area contributed by atoms with Crippen molar-refractivity contribution in [3.05, 3.63) is 23.7 Å². The number of pyridine rings is 1. The Bertz CT molecular complexity index is 502. The van der Waals surface area contributed by atoms with Crippen LogP contribution in [0.15, 0.2) is 23.7 Å². The number of rotatable bonds is 6. The number of methoxy groups -OCH3 is 1. The fourth-order valence-electron chi connectivity index (χ4n) is 1.49. The van der Waals surface area contributed by atoms with Gasteiger partial charge in [-0.2, -0.15) is 11.8 Å². The standard InChI is InChI=1S/C12H15N3OS2/c1-16-11-9(4-3-5-13-11)10-8-18-12(15-10)14-6-7-17-2/h3-5,8H,6-7H2,1-2H3,(H,14,15). The quantitative estimate of drug-likeness (QED) is 0.825. The lowest BCUT2D eigenvalue weighted by atomic mass is 10.2. The Morgan fingerprint density at radius 2 is 2.39 bits per heavy atom. The molecule has 0 fully saturated rings. The van der Waals surface area contributed by atoms with Crippen LogP contribution in [0.25, 0.3) is 11.3 Å². The van der Waals surface area contributed by atoms with Gasteiger partial charge in [0, 0.05) is 23.9 Å². The van der Waals surface area contributed by atoms with Gasteiger partial charge in [-0.05, 0) is 18.4 Å². The first-order valence-corrected chi connectivity index (χ1v) is 7.80. The van der Waals surface area contributed by atoms with Crippen LogP contribution in [0.5, 0.6) is 5.88 Å². The monoisotopic (exact) mass is 281 g/mol. The van der Waals surface area contributed by atoms with Gasteiger partial charge in [0.2, 0.25) is 5.88 Å². The van der Waals surface area contributed by atoms with Crippen molar-refractivity contribution in [2.45, 2.75) is 0 Å². The number of aromatic nitrogens is 2. The summed E-state index contributed by atoms with van der Waals surface area (Å²) in [6.45, 7) is 0.929. The summed E-state index contributed by atoms with van der Waals surface area (Å²) in [5.74, 6) is 1.68. The van der Waals surface area contributed by atoms with Crippen LogP contribution >= 0.6 is 23.1 Å². The highest BCUT2D eigenvalue weighted by Gasteiger charge is 2.10. The van der Waals surface area contributed by atoms with E-state index in [0.717, 1.165) is 28.7 Å². The van der Waals surface area contributed by atoms with Crippen LogP contribution in [0.3, 0.4) is 0 Å². The van der Waals surface area contributed by atoms with E-state index in [2.05, 4.69) is 21.5 Å². The Kier molecular flexibility index (Phi) is 4.83. The van der Waals surface area contributed by atoms with Crippen LogP contribution in [0.1, 0.15) is 0 Å². The number of ether oxygens (including phenoxy) is 1. The zero-order chi connectivity index (χ0) is 12.8. The molecule has 0 aliphatic carbocycles. The highest BCUT2D eigenvalue weighted by molar-refractivity contribution is 7.98. The molecule has 18 heavy (non-hydrogen) atoms. The van der Waals surface area contributed by atoms with Gasteiger partial charge >= 0.3 is 0 Å². The summed E-state index contributed by atoms with van der Waals surface area (Å²) in [5, 5.41) is 6.25. The van der Waals surface area contributed by atoms with Crippen LogP contribution in [-0.4, -0.2) is 35.6 Å². The summed E-state index contributed by atoms with van der Waals surface area (Å²) < 4.78 is 5.24. The third-order valence-electron chi connectivity index (χ3n) is 2.33. The highest BCUT2D eigenvalue weighted by atomic mass is 32.2. The minimum atomic E-state index is 0.610. The molecule has 2 aromatic rings. The number of nitrogens with one attached hydrogen (secondary N) is 1. The molecule has 4 nitrogen and oxygen atoms in total. The van der Waals surface area contributed by atoms with Gasteiger partial charge in [0.25, 0.3) is 0 Å². The molecule has 2 heterocycles. The molecule has 96 valence electrons. The Morgan fingerprint density at radius 1 is 1.50 bits per heavy atom. The first-order valence-electron chi connectivity index (χ1n) is 5.53. The van der Waals surface area contributed by atoms with Crippen LogP contribution < -0.4 is 10.1 Å². The van der Waals surface area contributed by atoms with Gasteiger partial charge in [-0.25, -0.2) is 9.97 Å². The van der Waals surface area contributed by atoms with Gasteiger partial charge in [0.1, 0.15) is 0 Å². The molecule has 0 bridgehead atoms. The molecular weight excluding hydrogens is 266 g/mol. The van der Waals surface area contributed by atoms with Crippen molar-refractivity contribution in [1.29, 1.82) is 0 Å². The zero-order valence-corrected chi connectivity index (χ0v) is 12.0. The predicted molar refractivity (Wildman–Crippen MR) is 78.8 cm³/mol. The molecule has 2 rings (SSSR count). The third kappa shape index (κ3) is 3.14. The van der Waals surface area contributed by atoms with Crippen molar-refractivity contribution in [3.63, 3.8) is 0 Å². The number of anilines is 1. The molecular formula is C12H15N3OS2. The van der Waals surface area contributed by atoms with Crippen LogP contribution in [0.4, 0.5) is 5.13 Å². The molecule has 0 amide bonds. The number of nitrogens with zero attached hydrogens (tertiary/aromatic N) is 2. The average Bonchev–Trinajstić information content (AvgIpc) is 2.88. The topological polar surface area (TPSA) is 47.0 Å². The first kappa shape index (κ1) is 13.2. The van der Waals surface area contributed by atoms with Gasteiger partial charge in [0.15, 0.2) is 5.13 Å². The summed E-state index contributed by atoms with van der Waals surface area (Å²) >= 11 is 3.41. The van der Waals surface area contributed by atoms with Crippen molar-refractivity contribution in [2.24, 2.45) is 0 Å². The lowest BCUT2D eigenvalue weighted by Gasteiger charge is -2.03. The van der Waals surface area contributed by atoms with Gasteiger partial charge in [0.05, 0.1) is 18.4 Å². The Labute approximate surface area is 115 Å². The van der Waals surface area contributed by atoms with E-state index in [1.165, 1.54) is 0 Å². The number of thiazole rings is 1. The molecule has 0 saturated heterocycles. The normalized spacial score (nSPS) is 10.3. The summed E-state index contributed by atoms with van der Waals surface area (Å²) in [7, 11) is 1.62. The summed E-state index contributed by atoms with van der Waals surface area (Å²) in [5.41, 5.74) is 1.82. The van der Waals surface area contributed by atoms with E-state index < -0.39 is 0 Å². The molecule has 0 aliphatic heterocycles. The Hall–Kier alpha value is -1.27. The molecule has 0 radical (unpaired) electrons. The van der Waals surface area contributed by atoms with Crippen LogP contribution in [-0.2, 0) is 0 Å². The van der Waals surface area contributed by atoms with Gasteiger partial charge in [-0.1, -0.05) is 0 Å². The number of thioether (sulfide) groups is 1. The molecule has 0 unspecified atom stereocenters. The maximum atomic E-state index is 5.24. The highest BCUT2D eigenvalue weighted by Crippen LogP contribution is 2.30. The van der Waals surface area contributed by atoms with E-state index >= 15 is 0 Å². The molecule has 2 aromatic heterocycles. The van der Waals surface area contributed by atoms with E-state index in [1.54, 1.807) is 24.6 Å². The minimum absolute atomic E-state index is 0.610. The Balaban J connectivity index is 2.13. The van der Waals surface area contributed by atoms with E-state index in [9.17, 15) is 0 Å². The van der Waals surface area contributed by atoms with Gasteiger partial charge in [-0.3, -0.25) is 0 Å². The lowest BCUT2D eigenvalue weighted by Crippen LogP contribution is -2.03. The second-order valence-corrected chi connectivity index (χ2v) is 5.36. The number of hydrogen-bond donors (Lipinski definition) is 1. The van der Waals surface area contributed by atoms with Crippen molar-refractivity contribution in [1.82, 2.24) is 9.97 Å². The minimum Gasteiger partial charge on any atom is -0.481 e. The lowest BCUT2D eigenvalue weighted by molar-refractivity contribution is 0.399. The fraction of sp³-hybridized carbons (Fsp3) is 0.333. The van der Waals surface area contributed by atoms with Crippen molar-refractivity contribution in [3.8, 4) is 17.1 Å². The second-order valence-electron chi connectivity index (χ2n) is 3.52. The van der Waals surface area contributed by atoms with Crippen LogP contribution in [0.2, 0.25) is 0 Å². The molecule has 0 aromatic carbocycles. The van der Waals surface area contributed by atoms with E-state index in [4.69, 9.17) is 4.74 Å². The van der Waals surface area contributed by atoms with Crippen molar-refractivity contribution in [2.75, 3.05) is 31.0 Å². The maximum Gasteiger partial charge on any atom is 0.222 e. The second kappa shape index (κ2) is 6.61. The third-order valence-corrected chi connectivity index (χ3v) is 3.74. The van der Waals surface area contributed by atoms with Crippen LogP contribution in [0, 0.1) is 0 Å². The molecule has 0 saturated carbocycles. The Morgan fingerprint density at radius 3 is 3.17 bits per heavy atom. The maximum absolute atomic E-state index is 5.24. The van der Waals surface area contributed by atoms with Crippen molar-refractivity contribution >= 4 is 28.2 Å². The number of hydrogen-bond acceptors (Lipinski definition) is 6. The largest absolute Gasteiger partial charge is 0.481 e. The molecule has 0 atom stereocenters. The smallest absolute Gasteiger partial charge is 0.222 e. The molecule has 6 heteroatoms. The summed E-state index contributed by atoms with van der Waals surface area (Å²) in [6.07, 6.45) is 3.81. The van der Waals surface area contributed by atoms with E-state index in [1.807, 2.05) is 29.3 Å². The predicted octanol–water partition coefficient (Wildman–Crippen LogP) is 2.99. The summed E-state index contributed by atoms with van der Waals surface area (Å²) in [6, 6.07) is 3.85. The first-order chi connectivity index (χ1) is 8.85. The van der Waals surface area contributed by atoms with E-state index in [-0.39, 0.29) is 0 Å². The van der Waals surface area contributed by atoms with Gasteiger partial charge < -0.3 is 10.1 Å². The zero-order valence-electron chi connectivity index (χ0n) is 10.3. The van der Waals surface area contributed by atoms with Crippen molar-refractivity contribution < 1.29 is 4.74 Å². The van der Waals surface area contributed by atoms with E-state index in [0.29, 0.717) is 5.88 Å². The summed E-state index contributed by atoms with van der Waals surface area (Å²) in [4.78, 5) is 8.72.